The van der Waals surface area contributed by atoms with Gasteiger partial charge in [-0.05, 0) is 56.0 Å². The Balaban J connectivity index is 1.43. The van der Waals surface area contributed by atoms with E-state index >= 15 is 0 Å². The zero-order valence-corrected chi connectivity index (χ0v) is 16.1. The summed E-state index contributed by atoms with van der Waals surface area (Å²) in [6, 6.07) is 10.6. The number of hydrogen-bond donors (Lipinski definition) is 0. The first-order chi connectivity index (χ1) is 12.3. The molecule has 2 aromatic heterocycles. The molecule has 0 saturated carbocycles. The second-order valence-corrected chi connectivity index (χ2v) is 8.52. The Hall–Kier alpha value is -1.79. The first-order valence-electron chi connectivity index (χ1n) is 8.98. The van der Waals surface area contributed by atoms with Crippen molar-refractivity contribution in [1.29, 1.82) is 0 Å². The zero-order valence-electron chi connectivity index (χ0n) is 14.4. The minimum absolute atomic E-state index is 0.743. The molecule has 1 aliphatic rings. The van der Waals surface area contributed by atoms with Gasteiger partial charge in [-0.1, -0.05) is 24.7 Å². The molecule has 0 amide bonds. The Kier molecular flexibility index (Phi) is 5.08. The molecule has 130 valence electrons. The first kappa shape index (κ1) is 16.7. The highest BCUT2D eigenvalue weighted by molar-refractivity contribution is 7.28. The van der Waals surface area contributed by atoms with Crippen molar-refractivity contribution in [3.63, 3.8) is 0 Å². The highest BCUT2D eigenvalue weighted by Gasteiger charge is 2.12. The van der Waals surface area contributed by atoms with Crippen molar-refractivity contribution in [3.05, 3.63) is 35.2 Å². The topological polar surface area (TPSA) is 40.9 Å². The molecule has 0 unspecified atom stereocenters. The SMILES string of the molecule is CCCCc1cc2sc(N=Nc3ccc(N4CCCC4)cc3)nc2s1. The Morgan fingerprint density at radius 3 is 2.60 bits per heavy atom. The molecule has 1 saturated heterocycles. The summed E-state index contributed by atoms with van der Waals surface area (Å²) in [7, 11) is 0. The number of hydrogen-bond acceptors (Lipinski definition) is 6. The first-order valence-corrected chi connectivity index (χ1v) is 10.6. The van der Waals surface area contributed by atoms with E-state index in [-0.39, 0.29) is 0 Å². The summed E-state index contributed by atoms with van der Waals surface area (Å²) < 4.78 is 1.23. The van der Waals surface area contributed by atoms with Crippen LogP contribution < -0.4 is 4.90 Å². The molecule has 25 heavy (non-hydrogen) atoms. The van der Waals surface area contributed by atoms with Crippen LogP contribution in [-0.4, -0.2) is 18.1 Å². The van der Waals surface area contributed by atoms with Crippen LogP contribution in [0.15, 0.2) is 40.6 Å². The third-order valence-corrected chi connectivity index (χ3v) is 6.58. The van der Waals surface area contributed by atoms with E-state index in [2.05, 4.69) is 45.2 Å². The van der Waals surface area contributed by atoms with Gasteiger partial charge in [0.05, 0.1) is 10.4 Å². The summed E-state index contributed by atoms with van der Waals surface area (Å²) >= 11 is 3.41. The molecule has 1 fully saturated rings. The molecule has 0 bridgehead atoms. The van der Waals surface area contributed by atoms with E-state index < -0.39 is 0 Å². The second-order valence-electron chi connectivity index (χ2n) is 6.39. The number of azo groups is 1. The van der Waals surface area contributed by atoms with Crippen molar-refractivity contribution in [2.75, 3.05) is 18.0 Å². The summed E-state index contributed by atoms with van der Waals surface area (Å²) in [4.78, 5) is 9.55. The molecule has 0 atom stereocenters. The lowest BCUT2D eigenvalue weighted by molar-refractivity contribution is 0.804. The van der Waals surface area contributed by atoms with Crippen molar-refractivity contribution >= 4 is 48.7 Å². The molecule has 0 spiro atoms. The molecule has 0 radical (unpaired) electrons. The van der Waals surface area contributed by atoms with E-state index in [9.17, 15) is 0 Å². The number of nitrogens with zero attached hydrogens (tertiary/aromatic N) is 4. The molecule has 3 aromatic rings. The van der Waals surface area contributed by atoms with Crippen molar-refractivity contribution < 1.29 is 0 Å². The number of anilines is 1. The molecule has 4 nitrogen and oxygen atoms in total. The van der Waals surface area contributed by atoms with Crippen LogP contribution in [0.25, 0.3) is 9.53 Å². The van der Waals surface area contributed by atoms with Gasteiger partial charge in [0.25, 0.3) is 0 Å². The number of rotatable bonds is 6. The van der Waals surface area contributed by atoms with Crippen LogP contribution in [-0.2, 0) is 6.42 Å². The lowest BCUT2D eigenvalue weighted by Gasteiger charge is -2.17. The largest absolute Gasteiger partial charge is 0.372 e. The van der Waals surface area contributed by atoms with Crippen molar-refractivity contribution in [1.82, 2.24) is 4.98 Å². The van der Waals surface area contributed by atoms with E-state index in [1.54, 1.807) is 22.7 Å². The molecule has 3 heterocycles. The number of aromatic nitrogens is 1. The lowest BCUT2D eigenvalue weighted by atomic mass is 10.2. The van der Waals surface area contributed by atoms with Gasteiger partial charge in [-0.25, -0.2) is 4.98 Å². The number of aryl methyl sites for hydroxylation is 1. The Labute approximate surface area is 156 Å². The number of thiazole rings is 1. The maximum atomic E-state index is 4.61. The predicted molar refractivity (Wildman–Crippen MR) is 108 cm³/mol. The normalized spacial score (nSPS) is 15.0. The highest BCUT2D eigenvalue weighted by atomic mass is 32.1. The third kappa shape index (κ3) is 3.90. The van der Waals surface area contributed by atoms with Gasteiger partial charge in [0, 0.05) is 23.7 Å². The summed E-state index contributed by atoms with van der Waals surface area (Å²) in [5.41, 5.74) is 2.16. The Morgan fingerprint density at radius 2 is 1.88 bits per heavy atom. The van der Waals surface area contributed by atoms with Crippen LogP contribution in [0.4, 0.5) is 16.5 Å². The van der Waals surface area contributed by atoms with Crippen LogP contribution in [0.5, 0.6) is 0 Å². The maximum Gasteiger partial charge on any atom is 0.231 e. The smallest absolute Gasteiger partial charge is 0.231 e. The average molecular weight is 371 g/mol. The number of unbranched alkanes of at least 4 members (excludes halogenated alkanes) is 1. The summed E-state index contributed by atoms with van der Waals surface area (Å²) in [5.74, 6) is 0. The lowest BCUT2D eigenvalue weighted by Crippen LogP contribution is -2.17. The van der Waals surface area contributed by atoms with Gasteiger partial charge in [0.1, 0.15) is 4.83 Å². The minimum Gasteiger partial charge on any atom is -0.372 e. The second kappa shape index (κ2) is 7.62. The molecule has 1 aliphatic heterocycles. The molecule has 1 aromatic carbocycles. The quantitative estimate of drug-likeness (QED) is 0.452. The predicted octanol–water partition coefficient (Wildman–Crippen LogP) is 6.72. The third-order valence-electron chi connectivity index (χ3n) is 4.48. The van der Waals surface area contributed by atoms with Gasteiger partial charge in [-0.2, -0.15) is 0 Å². The van der Waals surface area contributed by atoms with Crippen LogP contribution in [0.1, 0.15) is 37.5 Å². The van der Waals surface area contributed by atoms with Crippen LogP contribution in [0, 0.1) is 0 Å². The van der Waals surface area contributed by atoms with Gasteiger partial charge in [-0.15, -0.1) is 21.6 Å². The fourth-order valence-corrected chi connectivity index (χ4v) is 5.19. The van der Waals surface area contributed by atoms with E-state index in [0.717, 1.165) is 35.2 Å². The van der Waals surface area contributed by atoms with Gasteiger partial charge >= 0.3 is 0 Å². The van der Waals surface area contributed by atoms with Crippen molar-refractivity contribution in [2.45, 2.75) is 39.0 Å². The molecule has 6 heteroatoms. The molecular formula is C19H22N4S2. The minimum atomic E-state index is 0.743. The van der Waals surface area contributed by atoms with E-state index in [4.69, 9.17) is 0 Å². The molecule has 4 rings (SSSR count). The van der Waals surface area contributed by atoms with Crippen LogP contribution >= 0.6 is 22.7 Å². The summed E-state index contributed by atoms with van der Waals surface area (Å²) in [5, 5.41) is 9.42. The zero-order chi connectivity index (χ0) is 17.1. The number of fused-ring (bicyclic) bond motifs is 1. The van der Waals surface area contributed by atoms with Gasteiger partial charge in [0.15, 0.2) is 0 Å². The van der Waals surface area contributed by atoms with Crippen LogP contribution in [0.3, 0.4) is 0 Å². The molecular weight excluding hydrogens is 348 g/mol. The van der Waals surface area contributed by atoms with Crippen LogP contribution in [0.2, 0.25) is 0 Å². The summed E-state index contributed by atoms with van der Waals surface area (Å²) in [6.07, 6.45) is 6.22. The van der Waals surface area contributed by atoms with Gasteiger partial charge in [-0.3, -0.25) is 0 Å². The van der Waals surface area contributed by atoms with E-state index in [1.165, 1.54) is 40.9 Å². The Morgan fingerprint density at radius 1 is 1.08 bits per heavy atom. The average Bonchev–Trinajstić information content (AvgIpc) is 3.35. The maximum absolute atomic E-state index is 4.61. The van der Waals surface area contributed by atoms with Crippen molar-refractivity contribution in [2.24, 2.45) is 10.2 Å². The number of thiophene rings is 1. The van der Waals surface area contributed by atoms with E-state index in [1.807, 2.05) is 12.1 Å². The van der Waals surface area contributed by atoms with Gasteiger partial charge < -0.3 is 4.90 Å². The standard InChI is InChI=1S/C19H22N4S2/c1-2-3-6-16-13-17-18(24-16)20-19(25-17)22-21-14-7-9-15(10-8-14)23-11-4-5-12-23/h7-10,13H,2-6,11-12H2,1H3. The fraction of sp³-hybridized carbons (Fsp3) is 0.421. The number of benzene rings is 1. The fourth-order valence-electron chi connectivity index (χ4n) is 3.09. The molecule has 0 N–H and O–H groups in total. The van der Waals surface area contributed by atoms with E-state index in [0.29, 0.717) is 0 Å². The highest BCUT2D eigenvalue weighted by Crippen LogP contribution is 2.35. The summed E-state index contributed by atoms with van der Waals surface area (Å²) in [6.45, 7) is 4.55. The monoisotopic (exact) mass is 370 g/mol. The van der Waals surface area contributed by atoms with Gasteiger partial charge in [0.2, 0.25) is 5.13 Å². The molecule has 0 aliphatic carbocycles. The van der Waals surface area contributed by atoms with Crippen molar-refractivity contribution in [3.8, 4) is 0 Å². The Bertz CT molecular complexity index is 826.